The lowest BCUT2D eigenvalue weighted by atomic mass is 10.0. The van der Waals surface area contributed by atoms with Gasteiger partial charge < -0.3 is 4.42 Å². The van der Waals surface area contributed by atoms with E-state index in [9.17, 15) is 5.26 Å². The zero-order chi connectivity index (χ0) is 16.9. The summed E-state index contributed by atoms with van der Waals surface area (Å²) in [7, 11) is 0. The molecular weight excluding hydrogens is 320 g/mol. The number of halogens is 1. The molecule has 0 amide bonds. The van der Waals surface area contributed by atoms with Crippen molar-refractivity contribution in [2.45, 2.75) is 0 Å². The second-order valence-electron chi connectivity index (χ2n) is 5.07. The third-order valence-electron chi connectivity index (χ3n) is 3.47. The number of benzene rings is 2. The Kier molecular flexibility index (Phi) is 4.47. The Morgan fingerprint density at radius 2 is 1.79 bits per heavy atom. The molecule has 0 saturated carbocycles. The minimum absolute atomic E-state index is 0.434. The molecule has 1 heterocycles. The molecule has 0 aliphatic heterocycles. The van der Waals surface area contributed by atoms with Crippen molar-refractivity contribution in [2.24, 2.45) is 0 Å². The van der Waals surface area contributed by atoms with Gasteiger partial charge in [-0.2, -0.15) is 10.5 Å². The zero-order valence-corrected chi connectivity index (χ0v) is 13.3. The van der Waals surface area contributed by atoms with Gasteiger partial charge >= 0.3 is 0 Å². The highest BCUT2D eigenvalue weighted by Crippen LogP contribution is 2.26. The van der Waals surface area contributed by atoms with E-state index in [1.54, 1.807) is 48.5 Å². The molecule has 3 rings (SSSR count). The average Bonchev–Trinajstić information content (AvgIpc) is 3.09. The maximum absolute atomic E-state index is 9.40. The molecule has 0 bridgehead atoms. The number of hydrogen-bond acceptors (Lipinski definition) is 3. The number of allylic oxidation sites excluding steroid dienone is 1. The van der Waals surface area contributed by atoms with Gasteiger partial charge in [-0.15, -0.1) is 0 Å². The van der Waals surface area contributed by atoms with E-state index in [1.807, 2.05) is 18.2 Å². The van der Waals surface area contributed by atoms with Crippen molar-refractivity contribution in [1.82, 2.24) is 0 Å². The average molecular weight is 331 g/mol. The van der Waals surface area contributed by atoms with Gasteiger partial charge in [0.15, 0.2) is 0 Å². The molecule has 0 radical (unpaired) electrons. The lowest BCUT2D eigenvalue weighted by Crippen LogP contribution is -1.83. The molecule has 1 aromatic heterocycles. The van der Waals surface area contributed by atoms with E-state index < -0.39 is 0 Å². The molecule has 0 saturated heterocycles. The molecule has 4 heteroatoms. The SMILES string of the molecule is N#CC(=Cc1ccc(-c2ccc(Cl)cc2)o1)c1cccc(C#N)c1. The maximum Gasteiger partial charge on any atom is 0.134 e. The number of nitrogens with zero attached hydrogens (tertiary/aromatic N) is 2. The predicted octanol–water partition coefficient (Wildman–Crippen LogP) is 5.54. The van der Waals surface area contributed by atoms with Crippen LogP contribution in [-0.4, -0.2) is 0 Å². The summed E-state index contributed by atoms with van der Waals surface area (Å²) in [6, 6.07) is 22.1. The Morgan fingerprint density at radius 1 is 1.00 bits per heavy atom. The fourth-order valence-corrected chi connectivity index (χ4v) is 2.40. The van der Waals surface area contributed by atoms with Crippen LogP contribution in [0.4, 0.5) is 0 Å². The Balaban J connectivity index is 1.94. The van der Waals surface area contributed by atoms with E-state index in [0.29, 0.717) is 33.2 Å². The maximum atomic E-state index is 9.40. The Morgan fingerprint density at radius 3 is 2.50 bits per heavy atom. The highest BCUT2D eigenvalue weighted by molar-refractivity contribution is 6.30. The first-order valence-corrected chi connectivity index (χ1v) is 7.55. The van der Waals surface area contributed by atoms with Crippen molar-refractivity contribution in [3.8, 4) is 23.5 Å². The van der Waals surface area contributed by atoms with Crippen LogP contribution >= 0.6 is 11.6 Å². The fourth-order valence-electron chi connectivity index (χ4n) is 2.28. The van der Waals surface area contributed by atoms with Crippen molar-refractivity contribution in [3.05, 3.63) is 82.6 Å². The summed E-state index contributed by atoms with van der Waals surface area (Å²) in [5.74, 6) is 1.26. The number of rotatable bonds is 3. The molecule has 0 fully saturated rings. The van der Waals surface area contributed by atoms with Crippen LogP contribution in [0, 0.1) is 22.7 Å². The monoisotopic (exact) mass is 330 g/mol. The van der Waals surface area contributed by atoms with Crippen LogP contribution in [0.15, 0.2) is 65.1 Å². The summed E-state index contributed by atoms with van der Waals surface area (Å²) >= 11 is 5.89. The summed E-state index contributed by atoms with van der Waals surface area (Å²) < 4.78 is 5.78. The number of hydrogen-bond donors (Lipinski definition) is 0. The minimum atomic E-state index is 0.434. The Hall–Kier alpha value is -3.27. The first-order valence-electron chi connectivity index (χ1n) is 7.18. The molecule has 3 aromatic rings. The van der Waals surface area contributed by atoms with Crippen LogP contribution in [-0.2, 0) is 0 Å². The molecule has 114 valence electrons. The summed E-state index contributed by atoms with van der Waals surface area (Å²) in [5.41, 5.74) is 2.53. The number of furan rings is 1. The molecular formula is C20H11ClN2O. The van der Waals surface area contributed by atoms with Gasteiger partial charge in [0.05, 0.1) is 23.3 Å². The first-order chi connectivity index (χ1) is 11.7. The summed E-state index contributed by atoms with van der Waals surface area (Å²) in [4.78, 5) is 0. The quantitative estimate of drug-likeness (QED) is 0.593. The van der Waals surface area contributed by atoms with Gasteiger partial charge in [-0.25, -0.2) is 0 Å². The van der Waals surface area contributed by atoms with Crippen LogP contribution < -0.4 is 0 Å². The third-order valence-corrected chi connectivity index (χ3v) is 3.72. The van der Waals surface area contributed by atoms with E-state index in [2.05, 4.69) is 12.1 Å². The third kappa shape index (κ3) is 3.38. The summed E-state index contributed by atoms with van der Waals surface area (Å²) in [5, 5.41) is 19.0. The van der Waals surface area contributed by atoms with Gasteiger partial charge in [0.2, 0.25) is 0 Å². The largest absolute Gasteiger partial charge is 0.457 e. The normalized spacial score (nSPS) is 10.9. The van der Waals surface area contributed by atoms with Crippen LogP contribution in [0.1, 0.15) is 16.9 Å². The lowest BCUT2D eigenvalue weighted by molar-refractivity contribution is 0.572. The Labute approximate surface area is 144 Å². The molecule has 0 aliphatic carbocycles. The van der Waals surface area contributed by atoms with Crippen molar-refractivity contribution < 1.29 is 4.42 Å². The molecule has 2 aromatic carbocycles. The molecule has 0 spiro atoms. The van der Waals surface area contributed by atoms with Crippen LogP contribution in [0.5, 0.6) is 0 Å². The van der Waals surface area contributed by atoms with Crippen LogP contribution in [0.2, 0.25) is 5.02 Å². The molecule has 24 heavy (non-hydrogen) atoms. The lowest BCUT2D eigenvalue weighted by Gasteiger charge is -1.99. The van der Waals surface area contributed by atoms with Crippen LogP contribution in [0.3, 0.4) is 0 Å². The topological polar surface area (TPSA) is 60.7 Å². The minimum Gasteiger partial charge on any atom is -0.457 e. The van der Waals surface area contributed by atoms with Gasteiger partial charge in [-0.3, -0.25) is 0 Å². The molecule has 0 unspecified atom stereocenters. The molecule has 0 aliphatic rings. The molecule has 0 N–H and O–H groups in total. The summed E-state index contributed by atoms with van der Waals surface area (Å²) in [6.07, 6.45) is 1.66. The van der Waals surface area contributed by atoms with Gasteiger partial charge in [0, 0.05) is 10.6 Å². The van der Waals surface area contributed by atoms with E-state index in [4.69, 9.17) is 21.3 Å². The molecule has 0 atom stereocenters. The second-order valence-corrected chi connectivity index (χ2v) is 5.51. The van der Waals surface area contributed by atoms with Crippen molar-refractivity contribution in [3.63, 3.8) is 0 Å². The smallest absolute Gasteiger partial charge is 0.134 e. The fraction of sp³-hybridized carbons (Fsp3) is 0. The van der Waals surface area contributed by atoms with Crippen molar-refractivity contribution >= 4 is 23.3 Å². The molecule has 3 nitrogen and oxygen atoms in total. The van der Waals surface area contributed by atoms with Gasteiger partial charge in [-0.05, 0) is 60.2 Å². The van der Waals surface area contributed by atoms with E-state index in [1.165, 1.54) is 0 Å². The second kappa shape index (κ2) is 6.87. The Bertz CT molecular complexity index is 985. The first kappa shape index (κ1) is 15.6. The predicted molar refractivity (Wildman–Crippen MR) is 93.8 cm³/mol. The highest BCUT2D eigenvalue weighted by Gasteiger charge is 2.07. The van der Waals surface area contributed by atoms with E-state index >= 15 is 0 Å². The van der Waals surface area contributed by atoms with Crippen LogP contribution in [0.25, 0.3) is 23.0 Å². The van der Waals surface area contributed by atoms with Crippen molar-refractivity contribution in [1.29, 1.82) is 10.5 Å². The van der Waals surface area contributed by atoms with E-state index in [-0.39, 0.29) is 0 Å². The zero-order valence-electron chi connectivity index (χ0n) is 12.5. The van der Waals surface area contributed by atoms with Gasteiger partial charge in [-0.1, -0.05) is 23.7 Å². The summed E-state index contributed by atoms with van der Waals surface area (Å²) in [6.45, 7) is 0. The highest BCUT2D eigenvalue weighted by atomic mass is 35.5. The number of nitriles is 2. The van der Waals surface area contributed by atoms with E-state index in [0.717, 1.165) is 5.56 Å². The van der Waals surface area contributed by atoms with Gasteiger partial charge in [0.1, 0.15) is 11.5 Å². The standard InChI is InChI=1S/C20H11ClN2O/c21-18-6-4-15(5-7-18)20-9-8-19(24-20)11-17(13-23)16-3-1-2-14(10-16)12-22/h1-11H. The van der Waals surface area contributed by atoms with Crippen molar-refractivity contribution in [2.75, 3.05) is 0 Å². The van der Waals surface area contributed by atoms with Gasteiger partial charge in [0.25, 0.3) is 0 Å².